The quantitative estimate of drug-likeness (QED) is 0.683. The van der Waals surface area contributed by atoms with Crippen molar-refractivity contribution >= 4 is 16.7 Å². The smallest absolute Gasteiger partial charge is 0.339 e. The fourth-order valence-corrected chi connectivity index (χ4v) is 4.39. The van der Waals surface area contributed by atoms with Crippen molar-refractivity contribution in [2.75, 3.05) is 0 Å². The maximum absolute atomic E-state index is 12.2. The number of aromatic hydroxyl groups is 1. The number of hydrogen-bond acceptors (Lipinski definition) is 5. The normalized spacial score (nSPS) is 18.4. The Kier molecular flexibility index (Phi) is 3.57. The van der Waals surface area contributed by atoms with Crippen LogP contribution in [-0.2, 0) is 12.8 Å². The van der Waals surface area contributed by atoms with Crippen LogP contribution < -0.4 is 11.1 Å². The molecule has 0 saturated carbocycles. The van der Waals surface area contributed by atoms with E-state index in [1.165, 1.54) is 5.56 Å². The monoisotopic (exact) mass is 360 g/mol. The molecule has 1 atom stereocenters. The first kappa shape index (κ1) is 16.1. The standard InChI is InChI=1S/C22H20N2O3/c1-12-10-18-20(14-8-5-9-15(14)22(26)27-18)21(25)19(12)17-11-16(23-24-17)13-6-3-2-4-7-13/h2-4,6-7,10,16,23,25H,5,8-9,11H2,1H3. The molecule has 0 radical (unpaired) electrons. The minimum absolute atomic E-state index is 0.0927. The van der Waals surface area contributed by atoms with Crippen molar-refractivity contribution in [3.05, 3.63) is 74.6 Å². The summed E-state index contributed by atoms with van der Waals surface area (Å²) >= 11 is 0. The van der Waals surface area contributed by atoms with Gasteiger partial charge in [0.05, 0.1) is 17.1 Å². The second-order valence-electron chi connectivity index (χ2n) is 7.35. The van der Waals surface area contributed by atoms with Crippen LogP contribution in [0.25, 0.3) is 11.0 Å². The Morgan fingerprint density at radius 2 is 1.96 bits per heavy atom. The number of rotatable bonds is 2. The molecular weight excluding hydrogens is 340 g/mol. The molecule has 2 aliphatic rings. The first-order valence-electron chi connectivity index (χ1n) is 9.32. The summed E-state index contributed by atoms with van der Waals surface area (Å²) in [6.45, 7) is 1.92. The van der Waals surface area contributed by atoms with Crippen LogP contribution >= 0.6 is 0 Å². The number of benzene rings is 2. The van der Waals surface area contributed by atoms with E-state index in [0.717, 1.165) is 41.7 Å². The van der Waals surface area contributed by atoms with Gasteiger partial charge in [0.1, 0.15) is 11.3 Å². The Morgan fingerprint density at radius 1 is 1.19 bits per heavy atom. The van der Waals surface area contributed by atoms with E-state index in [-0.39, 0.29) is 17.4 Å². The molecule has 5 rings (SSSR count). The molecule has 3 aromatic rings. The fraction of sp³-hybridized carbons (Fsp3) is 0.273. The molecule has 0 fully saturated rings. The summed E-state index contributed by atoms with van der Waals surface area (Å²) in [6, 6.07) is 12.1. The maximum Gasteiger partial charge on any atom is 0.339 e. The maximum atomic E-state index is 12.2. The highest BCUT2D eigenvalue weighted by molar-refractivity contribution is 6.09. The molecule has 2 heterocycles. The Labute approximate surface area is 156 Å². The average Bonchev–Trinajstić information content (AvgIpc) is 3.32. The summed E-state index contributed by atoms with van der Waals surface area (Å²) in [5, 5.41) is 16.3. The zero-order chi connectivity index (χ0) is 18.5. The van der Waals surface area contributed by atoms with Gasteiger partial charge < -0.3 is 14.9 Å². The highest BCUT2D eigenvalue weighted by atomic mass is 16.4. The van der Waals surface area contributed by atoms with Gasteiger partial charge in [-0.3, -0.25) is 0 Å². The molecule has 0 spiro atoms. The van der Waals surface area contributed by atoms with Gasteiger partial charge in [0, 0.05) is 17.5 Å². The molecule has 5 heteroatoms. The van der Waals surface area contributed by atoms with Gasteiger partial charge in [-0.25, -0.2) is 4.79 Å². The molecule has 1 aliphatic heterocycles. The summed E-state index contributed by atoms with van der Waals surface area (Å²) < 4.78 is 5.50. The van der Waals surface area contributed by atoms with Crippen molar-refractivity contribution in [2.45, 2.75) is 38.6 Å². The molecule has 2 N–H and O–H groups in total. The number of hydrogen-bond donors (Lipinski definition) is 2. The topological polar surface area (TPSA) is 74.8 Å². The van der Waals surface area contributed by atoms with Crippen LogP contribution in [0.5, 0.6) is 5.75 Å². The van der Waals surface area contributed by atoms with Gasteiger partial charge in [-0.1, -0.05) is 30.3 Å². The molecule has 0 saturated heterocycles. The zero-order valence-corrected chi connectivity index (χ0v) is 15.1. The van der Waals surface area contributed by atoms with Crippen LogP contribution in [-0.4, -0.2) is 10.8 Å². The number of aryl methyl sites for hydroxylation is 2. The van der Waals surface area contributed by atoms with E-state index in [4.69, 9.17) is 4.42 Å². The SMILES string of the molecule is Cc1cc2oc(=O)c3c(c2c(O)c1C1=NNC(c2ccccc2)C1)CCC3. The van der Waals surface area contributed by atoms with Crippen molar-refractivity contribution in [3.8, 4) is 5.75 Å². The molecular formula is C22H20N2O3. The van der Waals surface area contributed by atoms with E-state index in [1.807, 2.05) is 31.2 Å². The number of phenolic OH excluding ortho intramolecular Hbond substituents is 1. The van der Waals surface area contributed by atoms with Gasteiger partial charge in [0.15, 0.2) is 0 Å². The zero-order valence-electron chi connectivity index (χ0n) is 15.1. The van der Waals surface area contributed by atoms with E-state index in [2.05, 4.69) is 22.7 Å². The van der Waals surface area contributed by atoms with E-state index >= 15 is 0 Å². The van der Waals surface area contributed by atoms with E-state index < -0.39 is 0 Å². The fourth-order valence-electron chi connectivity index (χ4n) is 4.39. The summed E-state index contributed by atoms with van der Waals surface area (Å²) in [5.41, 5.74) is 8.63. The largest absolute Gasteiger partial charge is 0.506 e. The van der Waals surface area contributed by atoms with Crippen LogP contribution in [0.15, 0.2) is 50.7 Å². The number of fused-ring (bicyclic) bond motifs is 3. The van der Waals surface area contributed by atoms with E-state index in [0.29, 0.717) is 23.0 Å². The second kappa shape index (κ2) is 5.98. The minimum Gasteiger partial charge on any atom is -0.506 e. The lowest BCUT2D eigenvalue weighted by Gasteiger charge is -2.14. The minimum atomic E-state index is -0.273. The lowest BCUT2D eigenvalue weighted by molar-refractivity contribution is 0.476. The van der Waals surface area contributed by atoms with Crippen molar-refractivity contribution in [1.29, 1.82) is 0 Å². The first-order valence-corrected chi connectivity index (χ1v) is 9.32. The molecule has 0 amide bonds. The number of hydrazone groups is 1. The van der Waals surface area contributed by atoms with Gasteiger partial charge in [0.2, 0.25) is 0 Å². The molecule has 5 nitrogen and oxygen atoms in total. The van der Waals surface area contributed by atoms with E-state index in [1.54, 1.807) is 0 Å². The lowest BCUT2D eigenvalue weighted by atomic mass is 9.93. The average molecular weight is 360 g/mol. The van der Waals surface area contributed by atoms with Gasteiger partial charge >= 0.3 is 5.63 Å². The third kappa shape index (κ3) is 2.46. The van der Waals surface area contributed by atoms with Crippen molar-refractivity contribution in [1.82, 2.24) is 5.43 Å². The van der Waals surface area contributed by atoms with Crippen LogP contribution in [0, 0.1) is 6.92 Å². The summed E-state index contributed by atoms with van der Waals surface area (Å²) in [6.07, 6.45) is 3.13. The van der Waals surface area contributed by atoms with Crippen LogP contribution in [0.1, 0.15) is 46.7 Å². The van der Waals surface area contributed by atoms with Crippen LogP contribution in [0.4, 0.5) is 0 Å². The Balaban J connectivity index is 1.62. The highest BCUT2D eigenvalue weighted by Crippen LogP contribution is 2.39. The van der Waals surface area contributed by atoms with Crippen molar-refractivity contribution in [3.63, 3.8) is 0 Å². The van der Waals surface area contributed by atoms with Gasteiger partial charge in [0.25, 0.3) is 0 Å². The Morgan fingerprint density at radius 3 is 2.78 bits per heavy atom. The number of nitrogens with zero attached hydrogens (tertiary/aromatic N) is 1. The Hall–Kier alpha value is -3.08. The Bertz CT molecular complexity index is 1150. The van der Waals surface area contributed by atoms with Crippen molar-refractivity contribution < 1.29 is 9.52 Å². The molecule has 136 valence electrons. The molecule has 1 aliphatic carbocycles. The summed E-state index contributed by atoms with van der Waals surface area (Å²) in [7, 11) is 0. The number of phenols is 1. The van der Waals surface area contributed by atoms with Gasteiger partial charge in [-0.2, -0.15) is 5.10 Å². The van der Waals surface area contributed by atoms with Crippen LogP contribution in [0.2, 0.25) is 0 Å². The third-order valence-corrected chi connectivity index (χ3v) is 5.67. The van der Waals surface area contributed by atoms with Crippen LogP contribution in [0.3, 0.4) is 0 Å². The van der Waals surface area contributed by atoms with Gasteiger partial charge in [-0.15, -0.1) is 0 Å². The molecule has 2 aromatic carbocycles. The molecule has 0 bridgehead atoms. The lowest BCUT2D eigenvalue weighted by Crippen LogP contribution is -2.10. The highest BCUT2D eigenvalue weighted by Gasteiger charge is 2.28. The first-order chi connectivity index (χ1) is 13.1. The number of nitrogens with one attached hydrogen (secondary N) is 1. The molecule has 27 heavy (non-hydrogen) atoms. The molecule has 1 aromatic heterocycles. The molecule has 1 unspecified atom stereocenters. The summed E-state index contributed by atoms with van der Waals surface area (Å²) in [5.74, 6) is 0.182. The predicted octanol–water partition coefficient (Wildman–Crippen LogP) is 3.73. The third-order valence-electron chi connectivity index (χ3n) is 5.67. The predicted molar refractivity (Wildman–Crippen MR) is 104 cm³/mol. The second-order valence-corrected chi connectivity index (χ2v) is 7.35. The summed E-state index contributed by atoms with van der Waals surface area (Å²) in [4.78, 5) is 12.2. The van der Waals surface area contributed by atoms with Gasteiger partial charge in [-0.05, 0) is 48.9 Å². The van der Waals surface area contributed by atoms with E-state index in [9.17, 15) is 9.90 Å². The van der Waals surface area contributed by atoms with Crippen molar-refractivity contribution in [2.24, 2.45) is 5.10 Å².